The average molecular weight is 250 g/mol. The van der Waals surface area contributed by atoms with Gasteiger partial charge in [-0.25, -0.2) is 4.79 Å². The van der Waals surface area contributed by atoms with Crippen LogP contribution in [0.1, 0.15) is 27.6 Å². The van der Waals surface area contributed by atoms with Crippen LogP contribution in [-0.2, 0) is 4.79 Å². The molecule has 2 N–H and O–H groups in total. The van der Waals surface area contributed by atoms with Crippen LogP contribution >= 0.6 is 0 Å². The number of nitro benzene ring substituents is 1. The lowest BCUT2D eigenvalue weighted by Crippen LogP contribution is -2.15. The van der Waals surface area contributed by atoms with Gasteiger partial charge in [-0.3, -0.25) is 14.9 Å². The highest BCUT2D eigenvalue weighted by Gasteiger charge is 2.29. The van der Waals surface area contributed by atoms with Gasteiger partial charge < -0.3 is 10.2 Å². The minimum Gasteiger partial charge on any atom is -0.479 e. The summed E-state index contributed by atoms with van der Waals surface area (Å²) in [6.45, 7) is 0. The predicted octanol–water partition coefficient (Wildman–Crippen LogP) is 0.397. The zero-order valence-corrected chi connectivity index (χ0v) is 8.73. The largest absolute Gasteiger partial charge is 0.479 e. The Morgan fingerprint density at radius 3 is 2.56 bits per heavy atom. The molecule has 0 saturated carbocycles. The Morgan fingerprint density at radius 1 is 1.56 bits per heavy atom. The molecule has 8 nitrogen and oxygen atoms in total. The molecule has 0 aliphatic heterocycles. The molecule has 1 unspecified atom stereocenters. The van der Waals surface area contributed by atoms with Crippen molar-refractivity contribution in [2.75, 3.05) is 0 Å². The van der Waals surface area contributed by atoms with Gasteiger partial charge in [0.2, 0.25) is 0 Å². The van der Waals surface area contributed by atoms with Crippen molar-refractivity contribution in [2.24, 2.45) is 0 Å². The molecule has 0 aliphatic rings. The molecule has 0 heterocycles. The molecule has 0 aliphatic carbocycles. The van der Waals surface area contributed by atoms with E-state index < -0.39 is 33.8 Å². The summed E-state index contributed by atoms with van der Waals surface area (Å²) >= 11 is 0. The first-order chi connectivity index (χ1) is 8.42. The van der Waals surface area contributed by atoms with Crippen molar-refractivity contribution < 1.29 is 24.7 Å². The van der Waals surface area contributed by atoms with Gasteiger partial charge in [-0.1, -0.05) is 0 Å². The molecule has 0 bridgehead atoms. The Hall–Kier alpha value is -2.79. The van der Waals surface area contributed by atoms with Crippen LogP contribution in [0.2, 0.25) is 0 Å². The Bertz CT molecular complexity index is 574. The molecule has 92 valence electrons. The van der Waals surface area contributed by atoms with E-state index in [9.17, 15) is 24.8 Å². The molecule has 1 atom stereocenters. The zero-order chi connectivity index (χ0) is 13.9. The van der Waals surface area contributed by atoms with Gasteiger partial charge in [0.25, 0.3) is 5.69 Å². The van der Waals surface area contributed by atoms with E-state index in [2.05, 4.69) is 0 Å². The molecule has 1 aromatic carbocycles. The summed E-state index contributed by atoms with van der Waals surface area (Å²) in [4.78, 5) is 31.2. The molecule has 8 heteroatoms. The maximum atomic E-state index is 10.8. The van der Waals surface area contributed by atoms with Crippen LogP contribution in [-0.4, -0.2) is 27.4 Å². The quantitative estimate of drug-likeness (QED) is 0.447. The highest BCUT2D eigenvalue weighted by atomic mass is 16.6. The van der Waals surface area contributed by atoms with Gasteiger partial charge in [0.1, 0.15) is 0 Å². The van der Waals surface area contributed by atoms with Gasteiger partial charge in [-0.2, -0.15) is 5.26 Å². The molecular formula is C10H6N2O6. The van der Waals surface area contributed by atoms with E-state index in [1.807, 2.05) is 0 Å². The Balaban J connectivity index is 3.65. The van der Waals surface area contributed by atoms with Crippen LogP contribution in [0.5, 0.6) is 0 Å². The molecule has 0 radical (unpaired) electrons. The summed E-state index contributed by atoms with van der Waals surface area (Å²) in [7, 11) is 0. The van der Waals surface area contributed by atoms with Crippen molar-refractivity contribution in [3.8, 4) is 6.07 Å². The zero-order valence-electron chi connectivity index (χ0n) is 8.73. The number of aliphatic hydroxyl groups excluding tert-OH is 1. The number of carboxylic acid groups (broad SMARTS) is 1. The minimum absolute atomic E-state index is 0.148. The van der Waals surface area contributed by atoms with Gasteiger partial charge in [-0.15, -0.1) is 0 Å². The number of carbonyl (C=O) groups excluding carboxylic acids is 1. The normalized spacial score (nSPS) is 11.3. The van der Waals surface area contributed by atoms with Crippen molar-refractivity contribution in [1.82, 2.24) is 0 Å². The second-order valence-corrected chi connectivity index (χ2v) is 3.23. The smallest absolute Gasteiger partial charge is 0.337 e. The molecule has 1 rings (SSSR count). The maximum absolute atomic E-state index is 10.8. The van der Waals surface area contributed by atoms with E-state index in [4.69, 9.17) is 10.4 Å². The second-order valence-electron chi connectivity index (χ2n) is 3.23. The highest BCUT2D eigenvalue weighted by Crippen LogP contribution is 2.29. The minimum atomic E-state index is -2.21. The van der Waals surface area contributed by atoms with E-state index >= 15 is 0 Å². The number of aliphatic hydroxyl groups is 1. The third-order valence-electron chi connectivity index (χ3n) is 2.15. The first-order valence-electron chi connectivity index (χ1n) is 4.50. The number of nitrogens with zero attached hydrogens (tertiary/aromatic N) is 2. The number of carbonyl (C=O) groups is 2. The number of hydrogen-bond acceptors (Lipinski definition) is 6. The summed E-state index contributed by atoms with van der Waals surface area (Å²) in [6.07, 6.45) is -2.06. The van der Waals surface area contributed by atoms with Crippen molar-refractivity contribution >= 4 is 17.9 Å². The summed E-state index contributed by atoms with van der Waals surface area (Å²) in [5.74, 6) is -1.73. The lowest BCUT2D eigenvalue weighted by atomic mass is 9.98. The van der Waals surface area contributed by atoms with Crippen LogP contribution in [0.25, 0.3) is 0 Å². The average Bonchev–Trinajstić information content (AvgIpc) is 2.35. The first-order valence-corrected chi connectivity index (χ1v) is 4.50. The van der Waals surface area contributed by atoms with E-state index in [1.54, 1.807) is 6.07 Å². The molecule has 0 saturated heterocycles. The third kappa shape index (κ3) is 2.31. The number of aliphatic carboxylic acids is 1. The predicted molar refractivity (Wildman–Crippen MR) is 55.8 cm³/mol. The Labute approximate surface area is 99.8 Å². The summed E-state index contributed by atoms with van der Waals surface area (Å²) in [5.41, 5.74) is -2.01. The van der Waals surface area contributed by atoms with Gasteiger partial charge >= 0.3 is 5.97 Å². The Morgan fingerprint density at radius 2 is 2.17 bits per heavy atom. The number of benzene rings is 1. The van der Waals surface area contributed by atoms with E-state index in [-0.39, 0.29) is 11.8 Å². The monoisotopic (exact) mass is 250 g/mol. The Kier molecular flexibility index (Phi) is 3.71. The van der Waals surface area contributed by atoms with Crippen LogP contribution < -0.4 is 0 Å². The highest BCUT2D eigenvalue weighted by molar-refractivity contribution is 5.86. The SMILES string of the molecule is N#Cc1cc(C=O)c(C(O)C(=O)O)c([N+](=O)[O-])c1. The summed E-state index contributed by atoms with van der Waals surface area (Å²) < 4.78 is 0. The molecular weight excluding hydrogens is 244 g/mol. The molecule has 1 aromatic rings. The standard InChI is InChI=1S/C10H6N2O6/c11-3-5-1-6(4-13)8(9(14)10(15)16)7(2-5)12(17)18/h1-2,4,9,14H,(H,15,16). The van der Waals surface area contributed by atoms with E-state index in [0.717, 1.165) is 12.1 Å². The van der Waals surface area contributed by atoms with Gasteiger partial charge in [0, 0.05) is 11.6 Å². The fourth-order valence-electron chi connectivity index (χ4n) is 1.39. The molecule has 0 spiro atoms. The molecule has 0 amide bonds. The van der Waals surface area contributed by atoms with Crippen LogP contribution in [0.15, 0.2) is 12.1 Å². The fourth-order valence-corrected chi connectivity index (χ4v) is 1.39. The molecule has 0 fully saturated rings. The van der Waals surface area contributed by atoms with Crippen LogP contribution in [0.4, 0.5) is 5.69 Å². The topological polar surface area (TPSA) is 142 Å². The van der Waals surface area contributed by atoms with Crippen molar-refractivity contribution in [3.63, 3.8) is 0 Å². The van der Waals surface area contributed by atoms with E-state index in [0.29, 0.717) is 0 Å². The number of hydrogen-bond donors (Lipinski definition) is 2. The molecule has 18 heavy (non-hydrogen) atoms. The number of nitro groups is 1. The lowest BCUT2D eigenvalue weighted by Gasteiger charge is -2.09. The lowest BCUT2D eigenvalue weighted by molar-refractivity contribution is -0.386. The summed E-state index contributed by atoms with van der Waals surface area (Å²) in [6, 6.07) is 3.37. The van der Waals surface area contributed by atoms with E-state index in [1.165, 1.54) is 0 Å². The number of carboxylic acids is 1. The van der Waals surface area contributed by atoms with Crippen molar-refractivity contribution in [2.45, 2.75) is 6.10 Å². The number of aldehydes is 1. The second kappa shape index (κ2) is 5.03. The number of rotatable bonds is 4. The van der Waals surface area contributed by atoms with Crippen molar-refractivity contribution in [1.29, 1.82) is 5.26 Å². The summed E-state index contributed by atoms with van der Waals surface area (Å²) in [5, 5.41) is 37.4. The fraction of sp³-hybridized carbons (Fsp3) is 0.100. The van der Waals surface area contributed by atoms with Gasteiger partial charge in [0.15, 0.2) is 12.4 Å². The van der Waals surface area contributed by atoms with Crippen LogP contribution in [0, 0.1) is 21.4 Å². The number of nitriles is 1. The third-order valence-corrected chi connectivity index (χ3v) is 2.15. The maximum Gasteiger partial charge on any atom is 0.337 e. The van der Waals surface area contributed by atoms with Crippen LogP contribution in [0.3, 0.4) is 0 Å². The first kappa shape index (κ1) is 13.3. The molecule has 0 aromatic heterocycles. The van der Waals surface area contributed by atoms with Gasteiger partial charge in [0.05, 0.1) is 22.1 Å². The van der Waals surface area contributed by atoms with Crippen molar-refractivity contribution in [3.05, 3.63) is 38.9 Å². The van der Waals surface area contributed by atoms with Gasteiger partial charge in [-0.05, 0) is 6.07 Å².